The van der Waals surface area contributed by atoms with Crippen LogP contribution in [0, 0.1) is 0 Å². The van der Waals surface area contributed by atoms with E-state index in [1.807, 2.05) is 18.2 Å². The second-order valence-corrected chi connectivity index (χ2v) is 2.75. The molecular weight excluding hydrogens is 148 g/mol. The summed E-state index contributed by atoms with van der Waals surface area (Å²) in [5, 5.41) is 1.77. The minimum Gasteiger partial charge on any atom is -0.462 e. The highest BCUT2D eigenvalue weighted by atomic mass is 16.5. The van der Waals surface area contributed by atoms with Crippen molar-refractivity contribution in [1.29, 1.82) is 0 Å². The summed E-state index contributed by atoms with van der Waals surface area (Å²) in [6, 6.07) is 5.62. The van der Waals surface area contributed by atoms with E-state index in [1.165, 1.54) is 0 Å². The summed E-state index contributed by atoms with van der Waals surface area (Å²) in [7, 11) is 0. The Morgan fingerprint density at radius 3 is 2.58 bits per heavy atom. The van der Waals surface area contributed by atoms with Crippen molar-refractivity contribution >= 4 is 13.2 Å². The molecule has 1 nitrogen and oxygen atoms in total. The number of hydrogen-bond acceptors (Lipinski definition) is 1. The van der Waals surface area contributed by atoms with E-state index < -0.39 is 0 Å². The van der Waals surface area contributed by atoms with Crippen molar-refractivity contribution < 1.29 is 4.74 Å². The molecule has 0 aromatic heterocycles. The zero-order valence-electron chi connectivity index (χ0n) is 7.26. The van der Waals surface area contributed by atoms with E-state index in [1.54, 1.807) is 6.92 Å². The van der Waals surface area contributed by atoms with Crippen molar-refractivity contribution in [1.82, 2.24) is 0 Å². The summed E-state index contributed by atoms with van der Waals surface area (Å²) in [6.45, 7) is 13.1. The number of hydrogen-bond donors (Lipinski definition) is 0. The molecule has 0 aliphatic heterocycles. The van der Waals surface area contributed by atoms with Gasteiger partial charge < -0.3 is 4.74 Å². The first-order valence-corrected chi connectivity index (χ1v) is 3.71. The summed E-state index contributed by atoms with van der Waals surface area (Å²) >= 11 is 0. The maximum absolute atomic E-state index is 5.33. The molecule has 0 aliphatic carbocycles. The number of benzene rings is 1. The summed E-state index contributed by atoms with van der Waals surface area (Å²) in [4.78, 5) is 0. The van der Waals surface area contributed by atoms with E-state index in [4.69, 9.17) is 4.74 Å². The minimum absolute atomic E-state index is 0.658. The van der Waals surface area contributed by atoms with Gasteiger partial charge in [-0.1, -0.05) is 31.9 Å². The van der Waals surface area contributed by atoms with E-state index in [0.717, 1.165) is 16.2 Å². The highest BCUT2D eigenvalue weighted by Crippen LogP contribution is 2.02. The van der Waals surface area contributed by atoms with E-state index >= 15 is 0 Å². The second kappa shape index (κ2) is 3.26. The summed E-state index contributed by atoms with van der Waals surface area (Å²) < 4.78 is 5.33. The van der Waals surface area contributed by atoms with Gasteiger partial charge in [-0.3, -0.25) is 0 Å². The fraction of sp³-hybridized carbons (Fsp3) is 0.0909. The van der Waals surface area contributed by atoms with Crippen LogP contribution in [-0.2, 0) is 0 Å². The van der Waals surface area contributed by atoms with Gasteiger partial charge in [-0.05, 0) is 18.2 Å². The lowest BCUT2D eigenvalue weighted by atomic mass is 10.2. The van der Waals surface area contributed by atoms with Crippen molar-refractivity contribution in [2.75, 3.05) is 0 Å². The van der Waals surface area contributed by atoms with E-state index in [2.05, 4.69) is 19.7 Å². The molecule has 0 N–H and O–H groups in total. The highest BCUT2D eigenvalue weighted by Gasteiger charge is 1.93. The molecular formula is C11H12O. The molecule has 1 rings (SSSR count). The molecule has 0 aliphatic rings. The van der Waals surface area contributed by atoms with Crippen LogP contribution in [0.15, 0.2) is 30.5 Å². The first kappa shape index (κ1) is 8.60. The van der Waals surface area contributed by atoms with Crippen molar-refractivity contribution in [3.63, 3.8) is 0 Å². The molecule has 0 fully saturated rings. The van der Waals surface area contributed by atoms with Gasteiger partial charge >= 0.3 is 0 Å². The van der Waals surface area contributed by atoms with Gasteiger partial charge in [0.1, 0.15) is 5.75 Å². The van der Waals surface area contributed by atoms with Crippen molar-refractivity contribution in [2.24, 2.45) is 0 Å². The topological polar surface area (TPSA) is 9.23 Å². The van der Waals surface area contributed by atoms with Gasteiger partial charge in [-0.2, -0.15) is 0 Å². The predicted octanol–water partition coefficient (Wildman–Crippen LogP) is 1.42. The quantitative estimate of drug-likeness (QED) is 0.594. The third-order valence-electron chi connectivity index (χ3n) is 1.42. The van der Waals surface area contributed by atoms with Gasteiger partial charge in [-0.25, -0.2) is 0 Å². The van der Waals surface area contributed by atoms with Gasteiger partial charge in [0.05, 0.1) is 5.76 Å². The van der Waals surface area contributed by atoms with E-state index in [0.29, 0.717) is 5.76 Å². The predicted molar refractivity (Wildman–Crippen MR) is 52.2 cm³/mol. The summed E-state index contributed by atoms with van der Waals surface area (Å²) in [6.07, 6.45) is 0. The fourth-order valence-corrected chi connectivity index (χ4v) is 0.882. The molecule has 1 aromatic carbocycles. The molecule has 0 saturated heterocycles. The Balaban J connectivity index is 3.14. The van der Waals surface area contributed by atoms with Gasteiger partial charge in [-0.15, -0.1) is 0 Å². The smallest absolute Gasteiger partial charge is 0.134 e. The number of rotatable bonds is 2. The molecule has 0 spiro atoms. The van der Waals surface area contributed by atoms with Crippen LogP contribution in [-0.4, -0.2) is 0 Å². The maximum Gasteiger partial charge on any atom is 0.134 e. The van der Waals surface area contributed by atoms with Crippen LogP contribution in [0.25, 0.3) is 13.2 Å². The Morgan fingerprint density at radius 1 is 1.33 bits per heavy atom. The first-order chi connectivity index (χ1) is 5.59. The molecule has 12 heavy (non-hydrogen) atoms. The van der Waals surface area contributed by atoms with Crippen LogP contribution in [0.3, 0.4) is 0 Å². The molecule has 1 aromatic rings. The van der Waals surface area contributed by atoms with Crippen molar-refractivity contribution in [3.05, 3.63) is 41.0 Å². The van der Waals surface area contributed by atoms with Gasteiger partial charge in [0.2, 0.25) is 0 Å². The van der Waals surface area contributed by atoms with Crippen molar-refractivity contribution in [2.45, 2.75) is 6.92 Å². The Hall–Kier alpha value is -1.50. The minimum atomic E-state index is 0.658. The number of ether oxygens (including phenoxy) is 1. The van der Waals surface area contributed by atoms with Crippen LogP contribution in [0.2, 0.25) is 0 Å². The average molecular weight is 160 g/mol. The van der Waals surface area contributed by atoms with Crippen LogP contribution >= 0.6 is 0 Å². The highest BCUT2D eigenvalue weighted by molar-refractivity contribution is 5.30. The van der Waals surface area contributed by atoms with Crippen LogP contribution < -0.4 is 15.2 Å². The normalized spacial score (nSPS) is 9.42. The van der Waals surface area contributed by atoms with Gasteiger partial charge in [0.25, 0.3) is 0 Å². The van der Waals surface area contributed by atoms with E-state index in [-0.39, 0.29) is 0 Å². The molecule has 0 unspecified atom stereocenters. The van der Waals surface area contributed by atoms with Crippen LogP contribution in [0.5, 0.6) is 5.75 Å². The molecule has 0 radical (unpaired) electrons. The molecule has 0 heterocycles. The third-order valence-corrected chi connectivity index (χ3v) is 1.42. The summed E-state index contributed by atoms with van der Waals surface area (Å²) in [5.41, 5.74) is 0. The largest absolute Gasteiger partial charge is 0.462 e. The molecule has 62 valence electrons. The third kappa shape index (κ3) is 1.99. The molecule has 0 bridgehead atoms. The van der Waals surface area contributed by atoms with E-state index in [9.17, 15) is 0 Å². The molecule has 0 atom stereocenters. The molecule has 0 saturated carbocycles. The Labute approximate surface area is 72.3 Å². The van der Waals surface area contributed by atoms with Crippen LogP contribution in [0.1, 0.15) is 6.92 Å². The lowest BCUT2D eigenvalue weighted by Gasteiger charge is -2.03. The monoisotopic (exact) mass is 160 g/mol. The Bertz CT molecular complexity index is 390. The SMILES string of the molecule is C=C(C)Oc1cc(=C)ccc1=C. The molecule has 0 amide bonds. The lowest BCUT2D eigenvalue weighted by molar-refractivity contribution is 0.427. The fourth-order valence-electron chi connectivity index (χ4n) is 0.882. The zero-order chi connectivity index (χ0) is 9.14. The first-order valence-electron chi connectivity index (χ1n) is 3.71. The molecule has 1 heteroatoms. The Kier molecular flexibility index (Phi) is 2.34. The van der Waals surface area contributed by atoms with Gasteiger partial charge in [0, 0.05) is 5.22 Å². The maximum atomic E-state index is 5.33. The standard InChI is InChI=1S/C11H12O/c1-8(2)12-11-7-9(3)5-6-10(11)4/h5-7H,1,3-4H2,2H3. The van der Waals surface area contributed by atoms with Crippen molar-refractivity contribution in [3.8, 4) is 5.75 Å². The Morgan fingerprint density at radius 2 is 2.00 bits per heavy atom. The lowest BCUT2D eigenvalue weighted by Crippen LogP contribution is -2.09. The van der Waals surface area contributed by atoms with Gasteiger partial charge in [0.15, 0.2) is 0 Å². The second-order valence-electron chi connectivity index (χ2n) is 2.75. The summed E-state index contributed by atoms with van der Waals surface area (Å²) in [5.74, 6) is 1.39. The number of allylic oxidation sites excluding steroid dienone is 1. The van der Waals surface area contributed by atoms with Crippen LogP contribution in [0.4, 0.5) is 0 Å². The average Bonchev–Trinajstić information content (AvgIpc) is 1.96. The zero-order valence-corrected chi connectivity index (χ0v) is 7.26.